The lowest BCUT2D eigenvalue weighted by atomic mass is 10.1. The van der Waals surface area contributed by atoms with Gasteiger partial charge in [-0.3, -0.25) is 4.79 Å². The quantitative estimate of drug-likeness (QED) is 0.865. The number of benzene rings is 1. The molecule has 0 fully saturated rings. The monoisotopic (exact) mass is 283 g/mol. The van der Waals surface area contributed by atoms with Crippen molar-refractivity contribution in [3.63, 3.8) is 0 Å². The minimum absolute atomic E-state index is 0.0799. The Bertz CT molecular complexity index is 420. The van der Waals surface area contributed by atoms with Crippen LogP contribution in [0.1, 0.15) is 34.1 Å². The maximum Gasteiger partial charge on any atom is 0.261 e. The highest BCUT2D eigenvalue weighted by Gasteiger charge is 2.21. The summed E-state index contributed by atoms with van der Waals surface area (Å²) in [5, 5.41) is 3.57. The first-order chi connectivity index (χ1) is 8.93. The van der Waals surface area contributed by atoms with Crippen LogP contribution < -0.4 is 10.1 Å². The van der Waals surface area contributed by atoms with Crippen LogP contribution >= 0.6 is 11.6 Å². The number of hydrogen-bond acceptors (Lipinski definition) is 2. The second-order valence-corrected chi connectivity index (χ2v) is 5.45. The number of amides is 1. The molecule has 1 rings (SSSR count). The second kappa shape index (κ2) is 7.39. The van der Waals surface area contributed by atoms with Gasteiger partial charge < -0.3 is 10.1 Å². The van der Waals surface area contributed by atoms with Crippen molar-refractivity contribution in [1.29, 1.82) is 0 Å². The molecule has 0 aliphatic heterocycles. The van der Waals surface area contributed by atoms with Gasteiger partial charge in [-0.25, -0.2) is 0 Å². The Kier molecular flexibility index (Phi) is 6.16. The van der Waals surface area contributed by atoms with E-state index < -0.39 is 6.10 Å². The molecule has 0 aromatic heterocycles. The van der Waals surface area contributed by atoms with Crippen LogP contribution in [0.5, 0.6) is 5.75 Å². The largest absolute Gasteiger partial charge is 0.481 e. The Morgan fingerprint density at radius 2 is 2.05 bits per heavy atom. The predicted molar refractivity (Wildman–Crippen MR) is 78.6 cm³/mol. The van der Waals surface area contributed by atoms with E-state index in [1.54, 1.807) is 24.3 Å². The molecule has 19 heavy (non-hydrogen) atoms. The average molecular weight is 284 g/mol. The summed E-state index contributed by atoms with van der Waals surface area (Å²) in [6.07, 6.45) is 0.128. The third kappa shape index (κ3) is 5.11. The molecule has 2 atom stereocenters. The fourth-order valence-electron chi connectivity index (χ4n) is 1.51. The Labute approximate surface area is 120 Å². The normalized spacial score (nSPS) is 14.0. The first-order valence-electron chi connectivity index (χ1n) is 6.66. The zero-order valence-corrected chi connectivity index (χ0v) is 12.7. The molecule has 1 aromatic rings. The molecule has 0 aliphatic carbocycles. The van der Waals surface area contributed by atoms with Crippen molar-refractivity contribution in [1.82, 2.24) is 5.32 Å². The predicted octanol–water partition coefficient (Wildman–Crippen LogP) is 3.66. The van der Waals surface area contributed by atoms with Gasteiger partial charge in [-0.15, -0.1) is 0 Å². The summed E-state index contributed by atoms with van der Waals surface area (Å²) in [7, 11) is 0. The second-order valence-electron chi connectivity index (χ2n) is 5.01. The van der Waals surface area contributed by atoms with Gasteiger partial charge in [0.2, 0.25) is 0 Å². The summed E-state index contributed by atoms with van der Waals surface area (Å²) in [5.41, 5.74) is 0. The van der Waals surface area contributed by atoms with Gasteiger partial charge in [0.15, 0.2) is 6.10 Å². The minimum atomic E-state index is -0.486. The molecule has 106 valence electrons. The molecule has 0 heterocycles. The highest BCUT2D eigenvalue weighted by atomic mass is 35.5. The Morgan fingerprint density at radius 3 is 2.58 bits per heavy atom. The molecule has 0 bridgehead atoms. The fraction of sp³-hybridized carbons (Fsp3) is 0.533. The first-order valence-corrected chi connectivity index (χ1v) is 7.04. The van der Waals surface area contributed by atoms with Crippen molar-refractivity contribution in [2.75, 3.05) is 0 Å². The number of rotatable bonds is 6. The van der Waals surface area contributed by atoms with Gasteiger partial charge in [-0.1, -0.05) is 38.4 Å². The standard InChI is InChI=1S/C15H22ClNO2/c1-5-14(15(18)17-11(4)10(2)3)19-13-8-6-7-12(16)9-13/h6-11,14H,5H2,1-4H3,(H,17,18)/t11-,14+/m1/s1. The third-order valence-electron chi connectivity index (χ3n) is 3.11. The Balaban J connectivity index is 2.65. The molecule has 0 unspecified atom stereocenters. The summed E-state index contributed by atoms with van der Waals surface area (Å²) in [6, 6.07) is 7.22. The molecule has 1 amide bonds. The zero-order chi connectivity index (χ0) is 14.4. The van der Waals surface area contributed by atoms with E-state index in [0.717, 1.165) is 0 Å². The summed E-state index contributed by atoms with van der Waals surface area (Å²) < 4.78 is 5.69. The lowest BCUT2D eigenvalue weighted by Gasteiger charge is -2.22. The number of carbonyl (C=O) groups excluding carboxylic acids is 1. The van der Waals surface area contributed by atoms with Gasteiger partial charge in [0.1, 0.15) is 5.75 Å². The number of ether oxygens (including phenoxy) is 1. The van der Waals surface area contributed by atoms with E-state index in [9.17, 15) is 4.79 Å². The molecule has 1 N–H and O–H groups in total. The summed E-state index contributed by atoms with van der Waals surface area (Å²) in [5.74, 6) is 0.933. The smallest absolute Gasteiger partial charge is 0.261 e. The van der Waals surface area contributed by atoms with Crippen LogP contribution in [0.3, 0.4) is 0 Å². The topological polar surface area (TPSA) is 38.3 Å². The molecular weight excluding hydrogens is 262 g/mol. The van der Waals surface area contributed by atoms with E-state index >= 15 is 0 Å². The van der Waals surface area contributed by atoms with Crippen LogP contribution in [-0.4, -0.2) is 18.1 Å². The summed E-state index contributed by atoms with van der Waals surface area (Å²) in [6.45, 7) is 8.07. The van der Waals surface area contributed by atoms with Gasteiger partial charge in [-0.05, 0) is 37.5 Å². The zero-order valence-electron chi connectivity index (χ0n) is 11.9. The maximum absolute atomic E-state index is 12.1. The van der Waals surface area contributed by atoms with Crippen LogP contribution in [0.2, 0.25) is 5.02 Å². The van der Waals surface area contributed by atoms with E-state index in [1.165, 1.54) is 0 Å². The Morgan fingerprint density at radius 1 is 1.37 bits per heavy atom. The van der Waals surface area contributed by atoms with Gasteiger partial charge in [0, 0.05) is 11.1 Å². The van der Waals surface area contributed by atoms with Crippen molar-refractivity contribution in [3.8, 4) is 5.75 Å². The van der Waals surface area contributed by atoms with Gasteiger partial charge >= 0.3 is 0 Å². The summed E-state index contributed by atoms with van der Waals surface area (Å²) in [4.78, 5) is 12.1. The lowest BCUT2D eigenvalue weighted by Crippen LogP contribution is -2.44. The molecule has 1 aromatic carbocycles. The number of nitrogens with one attached hydrogen (secondary N) is 1. The molecule has 0 radical (unpaired) electrons. The van der Waals surface area contributed by atoms with Crippen molar-refractivity contribution < 1.29 is 9.53 Å². The first kappa shape index (κ1) is 15.8. The Hall–Kier alpha value is -1.22. The third-order valence-corrected chi connectivity index (χ3v) is 3.34. The van der Waals surface area contributed by atoms with Gasteiger partial charge in [0.25, 0.3) is 5.91 Å². The lowest BCUT2D eigenvalue weighted by molar-refractivity contribution is -0.129. The number of carbonyl (C=O) groups is 1. The molecule has 0 saturated heterocycles. The van der Waals surface area contributed by atoms with Crippen molar-refractivity contribution in [2.24, 2.45) is 5.92 Å². The van der Waals surface area contributed by atoms with Crippen LogP contribution in [-0.2, 0) is 4.79 Å². The maximum atomic E-state index is 12.1. The van der Waals surface area contributed by atoms with Crippen molar-refractivity contribution in [2.45, 2.75) is 46.3 Å². The minimum Gasteiger partial charge on any atom is -0.481 e. The van der Waals surface area contributed by atoms with Gasteiger partial charge in [0.05, 0.1) is 0 Å². The van der Waals surface area contributed by atoms with Crippen LogP contribution in [0.4, 0.5) is 0 Å². The van der Waals surface area contributed by atoms with Crippen molar-refractivity contribution in [3.05, 3.63) is 29.3 Å². The molecule has 0 spiro atoms. The van der Waals surface area contributed by atoms with E-state index in [-0.39, 0.29) is 11.9 Å². The molecular formula is C15H22ClNO2. The summed E-state index contributed by atoms with van der Waals surface area (Å²) >= 11 is 5.90. The van der Waals surface area contributed by atoms with Crippen LogP contribution in [0.15, 0.2) is 24.3 Å². The number of hydrogen-bond donors (Lipinski definition) is 1. The SMILES string of the molecule is CC[C@H](Oc1cccc(Cl)c1)C(=O)N[C@H](C)C(C)C. The van der Waals surface area contributed by atoms with E-state index in [4.69, 9.17) is 16.3 Å². The number of halogens is 1. The van der Waals surface area contributed by atoms with Gasteiger partial charge in [-0.2, -0.15) is 0 Å². The molecule has 0 aliphatic rings. The van der Waals surface area contributed by atoms with Crippen LogP contribution in [0.25, 0.3) is 0 Å². The van der Waals surface area contributed by atoms with E-state index in [1.807, 2.05) is 13.8 Å². The average Bonchev–Trinajstić information content (AvgIpc) is 2.35. The molecule has 3 nitrogen and oxygen atoms in total. The molecule has 0 saturated carbocycles. The fourth-order valence-corrected chi connectivity index (χ4v) is 1.69. The highest BCUT2D eigenvalue weighted by Crippen LogP contribution is 2.19. The van der Waals surface area contributed by atoms with Crippen LogP contribution in [0, 0.1) is 5.92 Å². The highest BCUT2D eigenvalue weighted by molar-refractivity contribution is 6.30. The molecule has 4 heteroatoms. The van der Waals surface area contributed by atoms with Crippen molar-refractivity contribution >= 4 is 17.5 Å². The van der Waals surface area contributed by atoms with E-state index in [2.05, 4.69) is 19.2 Å². The van der Waals surface area contributed by atoms with E-state index in [0.29, 0.717) is 23.1 Å².